The average Bonchev–Trinajstić information content (AvgIpc) is 2.36. The molecule has 3 N–H and O–H groups in total. The topological polar surface area (TPSA) is 96.1 Å². The highest BCUT2D eigenvalue weighted by Gasteiger charge is 2.13. The van der Waals surface area contributed by atoms with E-state index in [1.165, 1.54) is 6.20 Å². The summed E-state index contributed by atoms with van der Waals surface area (Å²) in [4.78, 5) is 0. The summed E-state index contributed by atoms with van der Waals surface area (Å²) in [6.07, 6.45) is 1.44. The summed E-state index contributed by atoms with van der Waals surface area (Å²) in [5.41, 5.74) is 5.84. The Hall–Kier alpha value is -1.54. The van der Waals surface area contributed by atoms with E-state index in [1.807, 2.05) is 6.07 Å². The molecule has 0 saturated heterocycles. The van der Waals surface area contributed by atoms with E-state index in [9.17, 15) is 0 Å². The molecule has 1 aromatic rings. The summed E-state index contributed by atoms with van der Waals surface area (Å²) in [5.74, 6) is -0.312. The first-order valence-electron chi connectivity index (χ1n) is 3.01. The molecule has 5 nitrogen and oxygen atoms in total. The predicted octanol–water partition coefficient (Wildman–Crippen LogP) is 0.294. The van der Waals surface area contributed by atoms with Gasteiger partial charge in [0.1, 0.15) is 0 Å². The van der Waals surface area contributed by atoms with Crippen LogP contribution in [0.15, 0.2) is 10.7 Å². The molecule has 0 aliphatic rings. The molecule has 1 rings (SSSR count). The Labute approximate surface area is 63.0 Å². The Balaban J connectivity index is 2.77. The van der Waals surface area contributed by atoms with Crippen LogP contribution < -0.4 is 5.73 Å². The summed E-state index contributed by atoms with van der Waals surface area (Å²) in [6.45, 7) is 0. The molecule has 58 valence electrons. The Morgan fingerprint density at radius 3 is 3.09 bits per heavy atom. The Kier molecular flexibility index (Phi) is 2.09. The maximum atomic E-state index is 8.93. The van der Waals surface area contributed by atoms with Crippen molar-refractivity contribution in [2.45, 2.75) is 12.5 Å². The van der Waals surface area contributed by atoms with E-state index in [0.717, 1.165) is 0 Å². The highest BCUT2D eigenvalue weighted by atomic mass is 16.5. The molecule has 1 atom stereocenters. The molecule has 11 heavy (non-hydrogen) atoms. The van der Waals surface area contributed by atoms with Crippen LogP contribution in [0.5, 0.6) is 5.95 Å². The van der Waals surface area contributed by atoms with Crippen LogP contribution >= 0.6 is 0 Å². The number of nitrogens with two attached hydrogens (primary N) is 1. The van der Waals surface area contributed by atoms with Crippen molar-refractivity contribution in [2.75, 3.05) is 0 Å². The average molecular weight is 153 g/mol. The van der Waals surface area contributed by atoms with Crippen molar-refractivity contribution in [3.05, 3.63) is 11.8 Å². The van der Waals surface area contributed by atoms with Gasteiger partial charge in [0.15, 0.2) is 0 Å². The van der Waals surface area contributed by atoms with Crippen LogP contribution in [0.3, 0.4) is 0 Å². The number of aromatic nitrogens is 1. The molecule has 1 aromatic heterocycles. The third kappa shape index (κ3) is 1.48. The van der Waals surface area contributed by atoms with Crippen molar-refractivity contribution in [2.24, 2.45) is 5.73 Å². The van der Waals surface area contributed by atoms with Crippen molar-refractivity contribution < 1.29 is 9.63 Å². The van der Waals surface area contributed by atoms with Crippen molar-refractivity contribution >= 4 is 0 Å². The standard InChI is InChI=1S/C6H7N3O2/c7-2-1-5(8)4-3-9-11-6(4)10/h3,5,10H,1,8H2. The van der Waals surface area contributed by atoms with Gasteiger partial charge in [0.25, 0.3) is 0 Å². The van der Waals surface area contributed by atoms with Crippen molar-refractivity contribution in [3.63, 3.8) is 0 Å². The van der Waals surface area contributed by atoms with E-state index in [2.05, 4.69) is 9.68 Å². The van der Waals surface area contributed by atoms with E-state index in [4.69, 9.17) is 16.1 Å². The molecule has 0 fully saturated rings. The lowest BCUT2D eigenvalue weighted by Gasteiger charge is -2.01. The molecule has 0 radical (unpaired) electrons. The highest BCUT2D eigenvalue weighted by molar-refractivity contribution is 5.22. The number of aromatic hydroxyl groups is 1. The zero-order valence-corrected chi connectivity index (χ0v) is 5.69. The van der Waals surface area contributed by atoms with Gasteiger partial charge in [-0.25, -0.2) is 0 Å². The molecular weight excluding hydrogens is 146 g/mol. The number of nitriles is 1. The zero-order chi connectivity index (χ0) is 8.27. The number of hydrogen-bond donors (Lipinski definition) is 2. The smallest absolute Gasteiger partial charge is 0.313 e. The van der Waals surface area contributed by atoms with Crippen LogP contribution in [0.25, 0.3) is 0 Å². The fourth-order valence-corrected chi connectivity index (χ4v) is 0.704. The van der Waals surface area contributed by atoms with Gasteiger partial charge in [0, 0.05) is 0 Å². The van der Waals surface area contributed by atoms with E-state index in [0.29, 0.717) is 5.56 Å². The molecule has 0 aromatic carbocycles. The molecule has 0 spiro atoms. The lowest BCUT2D eigenvalue weighted by molar-refractivity contribution is 0.273. The van der Waals surface area contributed by atoms with Gasteiger partial charge in [-0.1, -0.05) is 5.16 Å². The van der Waals surface area contributed by atoms with Gasteiger partial charge in [-0.3, -0.25) is 0 Å². The zero-order valence-electron chi connectivity index (χ0n) is 5.69. The maximum absolute atomic E-state index is 8.93. The first-order chi connectivity index (χ1) is 5.25. The van der Waals surface area contributed by atoms with E-state index < -0.39 is 6.04 Å². The van der Waals surface area contributed by atoms with Crippen LogP contribution in [0, 0.1) is 11.3 Å². The van der Waals surface area contributed by atoms with Crippen LogP contribution in [-0.2, 0) is 0 Å². The molecule has 5 heteroatoms. The van der Waals surface area contributed by atoms with Gasteiger partial charge >= 0.3 is 5.95 Å². The normalized spacial score (nSPS) is 12.4. The van der Waals surface area contributed by atoms with Crippen molar-refractivity contribution in [1.82, 2.24) is 5.16 Å². The van der Waals surface area contributed by atoms with Crippen LogP contribution in [-0.4, -0.2) is 10.3 Å². The molecule has 0 aliphatic carbocycles. The summed E-state index contributed by atoms with van der Waals surface area (Å²) in [6, 6.07) is 1.36. The van der Waals surface area contributed by atoms with Gasteiger partial charge in [-0.2, -0.15) is 5.26 Å². The summed E-state index contributed by atoms with van der Waals surface area (Å²) < 4.78 is 4.35. The van der Waals surface area contributed by atoms with Gasteiger partial charge in [0.2, 0.25) is 0 Å². The van der Waals surface area contributed by atoms with Crippen LogP contribution in [0.2, 0.25) is 0 Å². The SMILES string of the molecule is N#CCC(N)c1cnoc1O. The Morgan fingerprint density at radius 1 is 1.91 bits per heavy atom. The second-order valence-corrected chi connectivity index (χ2v) is 2.06. The second-order valence-electron chi connectivity index (χ2n) is 2.06. The second kappa shape index (κ2) is 3.03. The molecule has 0 saturated carbocycles. The van der Waals surface area contributed by atoms with E-state index in [-0.39, 0.29) is 12.4 Å². The number of nitrogens with zero attached hydrogens (tertiary/aromatic N) is 2. The van der Waals surface area contributed by atoms with Crippen molar-refractivity contribution in [1.29, 1.82) is 5.26 Å². The summed E-state index contributed by atoms with van der Waals surface area (Å²) >= 11 is 0. The van der Waals surface area contributed by atoms with Gasteiger partial charge in [-0.15, -0.1) is 0 Å². The highest BCUT2D eigenvalue weighted by Crippen LogP contribution is 2.22. The fraction of sp³-hybridized carbons (Fsp3) is 0.333. The molecule has 1 unspecified atom stereocenters. The van der Waals surface area contributed by atoms with E-state index in [1.54, 1.807) is 0 Å². The first kappa shape index (κ1) is 7.57. The molecule has 0 aliphatic heterocycles. The Bertz CT molecular complexity index is 276. The molecule has 0 bridgehead atoms. The quantitative estimate of drug-likeness (QED) is 0.636. The van der Waals surface area contributed by atoms with Crippen molar-refractivity contribution in [3.8, 4) is 12.0 Å². The minimum absolute atomic E-state index is 0.134. The number of rotatable bonds is 2. The first-order valence-corrected chi connectivity index (χ1v) is 3.01. The Morgan fingerprint density at radius 2 is 2.64 bits per heavy atom. The van der Waals surface area contributed by atoms with Crippen LogP contribution in [0.4, 0.5) is 0 Å². The lowest BCUT2D eigenvalue weighted by atomic mass is 10.1. The molecular formula is C6H7N3O2. The minimum Gasteiger partial charge on any atom is -0.479 e. The number of hydrogen-bond acceptors (Lipinski definition) is 5. The summed E-state index contributed by atoms with van der Waals surface area (Å²) in [7, 11) is 0. The fourth-order valence-electron chi connectivity index (χ4n) is 0.704. The minimum atomic E-state index is -0.522. The monoisotopic (exact) mass is 153 g/mol. The third-order valence-corrected chi connectivity index (χ3v) is 1.29. The predicted molar refractivity (Wildman–Crippen MR) is 35.3 cm³/mol. The van der Waals surface area contributed by atoms with Gasteiger partial charge < -0.3 is 15.4 Å². The van der Waals surface area contributed by atoms with E-state index >= 15 is 0 Å². The summed E-state index contributed by atoms with van der Waals surface area (Å²) in [5, 5.41) is 20.5. The van der Waals surface area contributed by atoms with Gasteiger partial charge in [-0.05, 0) is 0 Å². The third-order valence-electron chi connectivity index (χ3n) is 1.29. The lowest BCUT2D eigenvalue weighted by Crippen LogP contribution is -2.08. The maximum Gasteiger partial charge on any atom is 0.313 e. The van der Waals surface area contributed by atoms with Gasteiger partial charge in [0.05, 0.1) is 30.3 Å². The molecule has 0 amide bonds. The largest absolute Gasteiger partial charge is 0.479 e. The molecule has 1 heterocycles. The van der Waals surface area contributed by atoms with Crippen LogP contribution in [0.1, 0.15) is 18.0 Å².